The van der Waals surface area contributed by atoms with Gasteiger partial charge in [0.25, 0.3) is 0 Å². The zero-order valence-electron chi connectivity index (χ0n) is 9.21. The molecule has 1 atom stereocenters. The number of nitrogens with two attached hydrogens (primary N) is 1. The van der Waals surface area contributed by atoms with E-state index in [1.54, 1.807) is 18.2 Å². The van der Waals surface area contributed by atoms with Crippen molar-refractivity contribution in [1.29, 1.82) is 0 Å². The molecule has 0 amide bonds. The second-order valence-electron chi connectivity index (χ2n) is 4.45. The van der Waals surface area contributed by atoms with Crippen LogP contribution in [0.2, 0.25) is 10.0 Å². The monoisotopic (exact) mass is 273 g/mol. The van der Waals surface area contributed by atoms with Crippen molar-refractivity contribution < 1.29 is 15.2 Å². The first kappa shape index (κ1) is 12.7. The van der Waals surface area contributed by atoms with Gasteiger partial charge in [-0.15, -0.1) is 0 Å². The lowest BCUT2D eigenvalue weighted by molar-refractivity contribution is -0.700. The van der Waals surface area contributed by atoms with E-state index in [1.807, 2.05) is 5.32 Å². The lowest BCUT2D eigenvalue weighted by Crippen LogP contribution is -2.97. The molecule has 2 rings (SSSR count). The molecule has 0 radical (unpaired) electrons. The molecule has 0 bridgehead atoms. The highest BCUT2D eigenvalue weighted by atomic mass is 35.5. The summed E-state index contributed by atoms with van der Waals surface area (Å²) in [6.07, 6.45) is 1.89. The van der Waals surface area contributed by atoms with Crippen LogP contribution in [0, 0.1) is 0 Å². The fraction of sp³-hybridized carbons (Fsp3) is 0.417. The zero-order valence-corrected chi connectivity index (χ0v) is 10.7. The molecule has 1 aromatic rings. The maximum absolute atomic E-state index is 11.3. The van der Waals surface area contributed by atoms with Gasteiger partial charge in [0.15, 0.2) is 0 Å². The van der Waals surface area contributed by atoms with Crippen LogP contribution in [0.4, 0.5) is 0 Å². The highest BCUT2D eigenvalue weighted by molar-refractivity contribution is 6.35. The normalized spacial score (nSPS) is 23.9. The molecule has 1 aromatic carbocycles. The van der Waals surface area contributed by atoms with Crippen molar-refractivity contribution >= 4 is 29.2 Å². The number of hydrogen-bond acceptors (Lipinski definition) is 2. The van der Waals surface area contributed by atoms with Crippen molar-refractivity contribution in [3.05, 3.63) is 33.8 Å². The van der Waals surface area contributed by atoms with Crippen molar-refractivity contribution in [2.24, 2.45) is 0 Å². The summed E-state index contributed by atoms with van der Waals surface area (Å²) in [7, 11) is 0. The van der Waals surface area contributed by atoms with E-state index < -0.39 is 11.5 Å². The van der Waals surface area contributed by atoms with Crippen LogP contribution in [0.3, 0.4) is 0 Å². The van der Waals surface area contributed by atoms with Gasteiger partial charge in [0, 0.05) is 29.3 Å². The highest BCUT2D eigenvalue weighted by Gasteiger charge is 2.40. The average Bonchev–Trinajstić information content (AvgIpc) is 2.72. The number of hydrogen-bond donors (Lipinski definition) is 1. The number of benzene rings is 1. The van der Waals surface area contributed by atoms with E-state index in [9.17, 15) is 9.90 Å². The Balaban J connectivity index is 2.26. The standard InChI is InChI=1S/C12H13Cl2NO2/c13-9-3-2-8(10(14)6-9)7-12(11(16)17)4-1-5-15-12/h2-3,6,15H,1,4-5,7H2,(H,16,17)/t12-/m1/s1. The number of rotatable bonds is 3. The summed E-state index contributed by atoms with van der Waals surface area (Å²) in [5.74, 6) is -1.01. The van der Waals surface area contributed by atoms with Gasteiger partial charge in [-0.25, -0.2) is 0 Å². The van der Waals surface area contributed by atoms with E-state index in [0.29, 0.717) is 22.9 Å². The number of carbonyl (C=O) groups is 1. The van der Waals surface area contributed by atoms with Crippen LogP contribution in [0.25, 0.3) is 0 Å². The Kier molecular flexibility index (Phi) is 3.61. The summed E-state index contributed by atoms with van der Waals surface area (Å²) in [5, 5.41) is 14.2. The minimum absolute atomic E-state index is 0.380. The largest absolute Gasteiger partial charge is 0.544 e. The molecule has 0 unspecified atom stereocenters. The smallest absolute Gasteiger partial charge is 0.140 e. The summed E-state index contributed by atoms with van der Waals surface area (Å²) in [5.41, 5.74) is -0.0595. The van der Waals surface area contributed by atoms with Crippen molar-refractivity contribution in [3.8, 4) is 0 Å². The maximum Gasteiger partial charge on any atom is 0.140 e. The lowest BCUT2D eigenvalue weighted by Gasteiger charge is -2.27. The van der Waals surface area contributed by atoms with Gasteiger partial charge < -0.3 is 15.2 Å². The molecule has 0 spiro atoms. The molecule has 17 heavy (non-hydrogen) atoms. The first-order valence-corrected chi connectivity index (χ1v) is 6.29. The van der Waals surface area contributed by atoms with Gasteiger partial charge in [-0.05, 0) is 17.7 Å². The predicted octanol–water partition coefficient (Wildman–Crippen LogP) is 0.382. The SMILES string of the molecule is O=C([O-])[C@]1(Cc2ccc(Cl)cc2Cl)CCC[NH2+]1. The molecule has 1 fully saturated rings. The Hall–Kier alpha value is -0.770. The van der Waals surface area contributed by atoms with Crippen LogP contribution in [0.5, 0.6) is 0 Å². The molecule has 1 saturated heterocycles. The molecule has 0 aliphatic carbocycles. The number of carboxylic acids is 1. The van der Waals surface area contributed by atoms with Crippen molar-refractivity contribution in [2.75, 3.05) is 6.54 Å². The molecule has 1 heterocycles. The van der Waals surface area contributed by atoms with Gasteiger partial charge in [0.2, 0.25) is 0 Å². The summed E-state index contributed by atoms with van der Waals surface area (Å²) < 4.78 is 0. The third-order valence-corrected chi connectivity index (χ3v) is 3.88. The molecule has 1 aliphatic rings. The minimum Gasteiger partial charge on any atom is -0.544 e. The molecule has 5 heteroatoms. The number of aliphatic carboxylic acids is 1. The van der Waals surface area contributed by atoms with Gasteiger partial charge in [0.05, 0.1) is 6.54 Å². The zero-order chi connectivity index (χ0) is 12.5. The molecule has 0 aromatic heterocycles. The highest BCUT2D eigenvalue weighted by Crippen LogP contribution is 2.26. The van der Waals surface area contributed by atoms with Crippen molar-refractivity contribution in [2.45, 2.75) is 24.8 Å². The van der Waals surface area contributed by atoms with Crippen LogP contribution in [-0.4, -0.2) is 18.1 Å². The summed E-state index contributed by atoms with van der Waals surface area (Å²) in [4.78, 5) is 11.3. The van der Waals surface area contributed by atoms with Crippen LogP contribution >= 0.6 is 23.2 Å². The number of quaternary nitrogens is 1. The van der Waals surface area contributed by atoms with E-state index >= 15 is 0 Å². The second kappa shape index (κ2) is 4.84. The fourth-order valence-electron chi connectivity index (χ4n) is 2.32. The molecule has 3 nitrogen and oxygen atoms in total. The van der Waals surface area contributed by atoms with Gasteiger partial charge in [-0.2, -0.15) is 0 Å². The van der Waals surface area contributed by atoms with Gasteiger partial charge in [-0.1, -0.05) is 29.3 Å². The van der Waals surface area contributed by atoms with Crippen LogP contribution < -0.4 is 10.4 Å². The van der Waals surface area contributed by atoms with Crippen molar-refractivity contribution in [1.82, 2.24) is 0 Å². The molecule has 92 valence electrons. The predicted molar refractivity (Wildman–Crippen MR) is 63.9 cm³/mol. The van der Waals surface area contributed by atoms with Crippen molar-refractivity contribution in [3.63, 3.8) is 0 Å². The molecule has 2 N–H and O–H groups in total. The third kappa shape index (κ3) is 2.57. The van der Waals surface area contributed by atoms with Gasteiger partial charge in [0.1, 0.15) is 11.5 Å². The van der Waals surface area contributed by atoms with Crippen LogP contribution in [0.1, 0.15) is 18.4 Å². The van der Waals surface area contributed by atoms with E-state index in [1.165, 1.54) is 0 Å². The Labute approximate surface area is 110 Å². The molecule has 1 aliphatic heterocycles. The van der Waals surface area contributed by atoms with Gasteiger partial charge >= 0.3 is 0 Å². The van der Waals surface area contributed by atoms with E-state index in [4.69, 9.17) is 23.2 Å². The number of halogens is 2. The molecular formula is C12H13Cl2NO2. The Morgan fingerprint density at radius 2 is 2.24 bits per heavy atom. The Morgan fingerprint density at radius 3 is 2.76 bits per heavy atom. The molecule has 0 saturated carbocycles. The minimum atomic E-state index is -1.01. The maximum atomic E-state index is 11.3. The van der Waals surface area contributed by atoms with E-state index in [-0.39, 0.29) is 0 Å². The number of carbonyl (C=O) groups excluding carboxylic acids is 1. The Morgan fingerprint density at radius 1 is 1.47 bits per heavy atom. The number of carboxylic acid groups (broad SMARTS) is 1. The van der Waals surface area contributed by atoms with Crippen LogP contribution in [0.15, 0.2) is 18.2 Å². The van der Waals surface area contributed by atoms with E-state index in [2.05, 4.69) is 0 Å². The van der Waals surface area contributed by atoms with Crippen LogP contribution in [-0.2, 0) is 11.2 Å². The quantitative estimate of drug-likeness (QED) is 0.866. The average molecular weight is 274 g/mol. The second-order valence-corrected chi connectivity index (χ2v) is 5.30. The first-order valence-electron chi connectivity index (χ1n) is 5.53. The topological polar surface area (TPSA) is 56.7 Å². The fourth-order valence-corrected chi connectivity index (χ4v) is 2.80. The summed E-state index contributed by atoms with van der Waals surface area (Å²) in [6, 6.07) is 5.14. The first-order chi connectivity index (χ1) is 8.03. The molecular weight excluding hydrogens is 261 g/mol. The Bertz CT molecular complexity index is 442. The van der Waals surface area contributed by atoms with Gasteiger partial charge in [-0.3, -0.25) is 0 Å². The lowest BCUT2D eigenvalue weighted by atomic mass is 9.89. The van der Waals surface area contributed by atoms with E-state index in [0.717, 1.165) is 18.5 Å². The third-order valence-electron chi connectivity index (χ3n) is 3.29. The summed E-state index contributed by atoms with van der Waals surface area (Å²) >= 11 is 11.9. The summed E-state index contributed by atoms with van der Waals surface area (Å²) in [6.45, 7) is 0.819.